The van der Waals surface area contributed by atoms with E-state index in [9.17, 15) is 15.3 Å². The van der Waals surface area contributed by atoms with Crippen LogP contribution in [0.1, 0.15) is 25.7 Å². The Morgan fingerprint density at radius 3 is 2.15 bits per heavy atom. The molecule has 1 heterocycles. The van der Waals surface area contributed by atoms with Gasteiger partial charge in [0.1, 0.15) is 5.60 Å². The first-order valence-electron chi connectivity index (χ1n) is 4.81. The van der Waals surface area contributed by atoms with Crippen molar-refractivity contribution in [2.75, 3.05) is 0 Å². The SMILES string of the molecule is O[C@H]1CC2(CC2)[C@H](O)[C@@]2(C[C@@H]2O)O1. The van der Waals surface area contributed by atoms with Crippen LogP contribution in [0.25, 0.3) is 0 Å². The van der Waals surface area contributed by atoms with Crippen molar-refractivity contribution in [1.29, 1.82) is 0 Å². The molecule has 3 aliphatic rings. The molecule has 3 fully saturated rings. The summed E-state index contributed by atoms with van der Waals surface area (Å²) in [6, 6.07) is 0. The molecule has 0 amide bonds. The smallest absolute Gasteiger partial charge is 0.156 e. The molecule has 2 saturated carbocycles. The van der Waals surface area contributed by atoms with Crippen molar-refractivity contribution in [3.8, 4) is 0 Å². The van der Waals surface area contributed by atoms with Crippen LogP contribution in [-0.2, 0) is 4.74 Å². The van der Waals surface area contributed by atoms with Crippen molar-refractivity contribution in [1.82, 2.24) is 0 Å². The van der Waals surface area contributed by atoms with E-state index < -0.39 is 24.1 Å². The molecular weight excluding hydrogens is 172 g/mol. The van der Waals surface area contributed by atoms with E-state index in [-0.39, 0.29) is 5.41 Å². The van der Waals surface area contributed by atoms with E-state index in [0.29, 0.717) is 12.8 Å². The van der Waals surface area contributed by atoms with Gasteiger partial charge in [-0.1, -0.05) is 0 Å². The van der Waals surface area contributed by atoms with Crippen molar-refractivity contribution in [3.63, 3.8) is 0 Å². The van der Waals surface area contributed by atoms with Gasteiger partial charge in [0.15, 0.2) is 6.29 Å². The number of ether oxygens (including phenoxy) is 1. The van der Waals surface area contributed by atoms with E-state index in [4.69, 9.17) is 4.74 Å². The molecule has 0 unspecified atom stereocenters. The molecule has 0 radical (unpaired) electrons. The van der Waals surface area contributed by atoms with E-state index in [1.165, 1.54) is 0 Å². The Labute approximate surface area is 76.1 Å². The Morgan fingerprint density at radius 1 is 1.08 bits per heavy atom. The topological polar surface area (TPSA) is 69.9 Å². The van der Waals surface area contributed by atoms with E-state index in [1.807, 2.05) is 0 Å². The van der Waals surface area contributed by atoms with Crippen LogP contribution in [0.3, 0.4) is 0 Å². The summed E-state index contributed by atoms with van der Waals surface area (Å²) in [4.78, 5) is 0. The summed E-state index contributed by atoms with van der Waals surface area (Å²) < 4.78 is 5.24. The third-order valence-electron chi connectivity index (χ3n) is 3.79. The maximum atomic E-state index is 9.98. The monoisotopic (exact) mass is 186 g/mol. The van der Waals surface area contributed by atoms with E-state index >= 15 is 0 Å². The van der Waals surface area contributed by atoms with Gasteiger partial charge in [0, 0.05) is 18.3 Å². The Balaban J connectivity index is 1.89. The fourth-order valence-electron chi connectivity index (χ4n) is 2.64. The molecule has 3 N–H and O–H groups in total. The zero-order valence-electron chi connectivity index (χ0n) is 7.31. The van der Waals surface area contributed by atoms with E-state index in [0.717, 1.165) is 12.8 Å². The molecule has 4 nitrogen and oxygen atoms in total. The average molecular weight is 186 g/mol. The van der Waals surface area contributed by atoms with Crippen LogP contribution in [0.2, 0.25) is 0 Å². The molecule has 0 aromatic carbocycles. The zero-order valence-corrected chi connectivity index (χ0v) is 7.31. The van der Waals surface area contributed by atoms with Crippen LogP contribution in [0.15, 0.2) is 0 Å². The van der Waals surface area contributed by atoms with Crippen LogP contribution in [0, 0.1) is 5.41 Å². The molecule has 0 aromatic rings. The molecule has 0 aromatic heterocycles. The normalized spacial score (nSPS) is 57.0. The van der Waals surface area contributed by atoms with Gasteiger partial charge in [-0.3, -0.25) is 0 Å². The first-order chi connectivity index (χ1) is 6.09. The van der Waals surface area contributed by atoms with Gasteiger partial charge >= 0.3 is 0 Å². The highest BCUT2D eigenvalue weighted by Crippen LogP contribution is 2.63. The number of hydrogen-bond acceptors (Lipinski definition) is 4. The lowest BCUT2D eigenvalue weighted by Gasteiger charge is -2.38. The lowest BCUT2D eigenvalue weighted by Crippen LogP contribution is -2.50. The summed E-state index contributed by atoms with van der Waals surface area (Å²) in [6.45, 7) is 0. The van der Waals surface area contributed by atoms with E-state index in [1.54, 1.807) is 0 Å². The third-order valence-corrected chi connectivity index (χ3v) is 3.79. The fraction of sp³-hybridized carbons (Fsp3) is 1.00. The number of aliphatic hydroxyl groups excluding tert-OH is 3. The maximum Gasteiger partial charge on any atom is 0.156 e. The minimum absolute atomic E-state index is 0.144. The Kier molecular flexibility index (Phi) is 1.31. The van der Waals surface area contributed by atoms with Gasteiger partial charge in [-0.15, -0.1) is 0 Å². The molecule has 1 saturated heterocycles. The molecule has 0 bridgehead atoms. The predicted octanol–water partition coefficient (Wildman–Crippen LogP) is -0.630. The molecule has 4 atom stereocenters. The summed E-state index contributed by atoms with van der Waals surface area (Å²) in [5.41, 5.74) is -0.969. The summed E-state index contributed by atoms with van der Waals surface area (Å²) in [7, 11) is 0. The van der Waals surface area contributed by atoms with Crippen LogP contribution in [-0.4, -0.2) is 39.4 Å². The minimum atomic E-state index is -0.825. The number of rotatable bonds is 0. The fourth-order valence-corrected chi connectivity index (χ4v) is 2.64. The molecule has 13 heavy (non-hydrogen) atoms. The lowest BCUT2D eigenvalue weighted by molar-refractivity contribution is -0.246. The lowest BCUT2D eigenvalue weighted by atomic mass is 9.86. The maximum absolute atomic E-state index is 9.98. The first-order valence-corrected chi connectivity index (χ1v) is 4.81. The highest BCUT2D eigenvalue weighted by atomic mass is 16.6. The van der Waals surface area contributed by atoms with Crippen LogP contribution >= 0.6 is 0 Å². The molecule has 3 rings (SSSR count). The summed E-state index contributed by atoms with van der Waals surface area (Å²) in [5, 5.41) is 28.8. The van der Waals surface area contributed by atoms with Crippen LogP contribution < -0.4 is 0 Å². The van der Waals surface area contributed by atoms with Gasteiger partial charge in [-0.2, -0.15) is 0 Å². The molecule has 2 aliphatic carbocycles. The van der Waals surface area contributed by atoms with Gasteiger partial charge in [0.25, 0.3) is 0 Å². The van der Waals surface area contributed by atoms with Gasteiger partial charge in [0.2, 0.25) is 0 Å². The van der Waals surface area contributed by atoms with E-state index in [2.05, 4.69) is 0 Å². The van der Waals surface area contributed by atoms with Gasteiger partial charge < -0.3 is 20.1 Å². The predicted molar refractivity (Wildman–Crippen MR) is 42.7 cm³/mol. The minimum Gasteiger partial charge on any atom is -0.390 e. The largest absolute Gasteiger partial charge is 0.390 e. The highest BCUT2D eigenvalue weighted by Gasteiger charge is 2.71. The quantitative estimate of drug-likeness (QED) is 0.471. The Hall–Kier alpha value is -0.160. The Morgan fingerprint density at radius 2 is 1.69 bits per heavy atom. The second-order valence-corrected chi connectivity index (χ2v) is 4.72. The zero-order chi connectivity index (χ0) is 9.27. The standard InChI is InChI=1S/C9H14O4/c10-5-3-9(5)7(12)8(1-2-8)4-6(11)13-9/h5-7,10-12H,1-4H2/t5-,6+,7-,9-/m0/s1. The van der Waals surface area contributed by atoms with Gasteiger partial charge in [-0.25, -0.2) is 0 Å². The van der Waals surface area contributed by atoms with Gasteiger partial charge in [-0.05, 0) is 12.8 Å². The summed E-state index contributed by atoms with van der Waals surface area (Å²) in [5.74, 6) is 0. The van der Waals surface area contributed by atoms with Crippen molar-refractivity contribution >= 4 is 0 Å². The summed E-state index contributed by atoms with van der Waals surface area (Å²) in [6.07, 6.45) is 0.901. The van der Waals surface area contributed by atoms with Crippen molar-refractivity contribution in [3.05, 3.63) is 0 Å². The number of aliphatic hydroxyl groups is 3. The molecule has 1 aliphatic heterocycles. The van der Waals surface area contributed by atoms with Gasteiger partial charge in [0.05, 0.1) is 12.2 Å². The number of hydrogen-bond donors (Lipinski definition) is 3. The first kappa shape index (κ1) is 8.17. The van der Waals surface area contributed by atoms with Crippen LogP contribution in [0.5, 0.6) is 0 Å². The second-order valence-electron chi connectivity index (χ2n) is 4.72. The average Bonchev–Trinajstić information content (AvgIpc) is 2.90. The molecular formula is C9H14O4. The second kappa shape index (κ2) is 2.08. The Bertz CT molecular complexity index is 250. The molecule has 4 heteroatoms. The third kappa shape index (κ3) is 0.892. The van der Waals surface area contributed by atoms with Crippen molar-refractivity contribution in [2.45, 2.75) is 49.8 Å². The van der Waals surface area contributed by atoms with Crippen LogP contribution in [0.4, 0.5) is 0 Å². The summed E-state index contributed by atoms with van der Waals surface area (Å²) >= 11 is 0. The highest BCUT2D eigenvalue weighted by molar-refractivity contribution is 5.21. The molecule has 2 spiro atoms. The van der Waals surface area contributed by atoms with Crippen molar-refractivity contribution in [2.24, 2.45) is 5.41 Å². The van der Waals surface area contributed by atoms with Crippen molar-refractivity contribution < 1.29 is 20.1 Å². The molecule has 74 valence electrons.